The second-order valence-electron chi connectivity index (χ2n) is 8.89. The van der Waals surface area contributed by atoms with E-state index in [9.17, 15) is 14.9 Å². The minimum atomic E-state index is -0.451. The van der Waals surface area contributed by atoms with Crippen molar-refractivity contribution >= 4 is 49.2 Å². The molecule has 34 heavy (non-hydrogen) atoms. The van der Waals surface area contributed by atoms with Crippen molar-refractivity contribution in [3.05, 3.63) is 81.9 Å². The van der Waals surface area contributed by atoms with Crippen molar-refractivity contribution in [2.45, 2.75) is 26.2 Å². The van der Waals surface area contributed by atoms with Crippen molar-refractivity contribution < 1.29 is 14.2 Å². The minimum absolute atomic E-state index is 0.00241. The molecule has 1 N–H and O–H groups in total. The molecule has 0 fully saturated rings. The molecule has 8 nitrogen and oxygen atoms in total. The number of amides is 1. The van der Waals surface area contributed by atoms with E-state index in [0.717, 1.165) is 10.3 Å². The average Bonchev–Trinajstić information content (AvgIpc) is 3.42. The number of nitrogens with zero attached hydrogens (tertiary/aromatic N) is 3. The Hall–Kier alpha value is -4.11. The van der Waals surface area contributed by atoms with Gasteiger partial charge in [0.15, 0.2) is 10.7 Å². The Bertz CT molecular complexity index is 1560. The fourth-order valence-electron chi connectivity index (χ4n) is 3.78. The van der Waals surface area contributed by atoms with Gasteiger partial charge in [-0.2, -0.15) is 0 Å². The zero-order valence-electron chi connectivity index (χ0n) is 18.7. The molecule has 170 valence electrons. The number of nitro groups is 1. The van der Waals surface area contributed by atoms with Crippen molar-refractivity contribution in [3.8, 4) is 11.3 Å². The number of anilines is 1. The SMILES string of the molecule is CC(C)(C)c1ccc(C(=O)Nc2nc3c(ccc4onc(-c5ccccc5[N+](=O)[O-])c43)s2)cc1. The van der Waals surface area contributed by atoms with Crippen LogP contribution in [0.3, 0.4) is 0 Å². The first-order valence-electron chi connectivity index (χ1n) is 10.6. The summed E-state index contributed by atoms with van der Waals surface area (Å²) in [5.41, 5.74) is 3.31. The Kier molecular flexibility index (Phi) is 5.13. The first kappa shape index (κ1) is 21.7. The maximum Gasteiger partial charge on any atom is 0.278 e. The molecule has 5 rings (SSSR count). The van der Waals surface area contributed by atoms with Gasteiger partial charge in [0.2, 0.25) is 0 Å². The summed E-state index contributed by atoms with van der Waals surface area (Å²) < 4.78 is 6.25. The third-order valence-corrected chi connectivity index (χ3v) is 6.52. The molecule has 0 saturated carbocycles. The number of hydrogen-bond donors (Lipinski definition) is 1. The van der Waals surface area contributed by atoms with Gasteiger partial charge in [0, 0.05) is 11.6 Å². The van der Waals surface area contributed by atoms with Gasteiger partial charge in [-0.3, -0.25) is 20.2 Å². The smallest absolute Gasteiger partial charge is 0.278 e. The lowest BCUT2D eigenvalue weighted by molar-refractivity contribution is -0.384. The van der Waals surface area contributed by atoms with Gasteiger partial charge < -0.3 is 4.52 Å². The number of benzene rings is 3. The van der Waals surface area contributed by atoms with E-state index in [2.05, 4.69) is 36.2 Å². The molecule has 0 spiro atoms. The van der Waals surface area contributed by atoms with E-state index in [1.54, 1.807) is 36.4 Å². The van der Waals surface area contributed by atoms with E-state index in [1.165, 1.54) is 17.4 Å². The number of nitro benzene ring substituents is 1. The van der Waals surface area contributed by atoms with Gasteiger partial charge in [-0.25, -0.2) is 4.98 Å². The van der Waals surface area contributed by atoms with Gasteiger partial charge in [-0.05, 0) is 41.3 Å². The van der Waals surface area contributed by atoms with Crippen LogP contribution >= 0.6 is 11.3 Å². The highest BCUT2D eigenvalue weighted by molar-refractivity contribution is 7.22. The normalized spacial score (nSPS) is 11.7. The molecule has 5 aromatic rings. The van der Waals surface area contributed by atoms with Gasteiger partial charge in [-0.1, -0.05) is 61.5 Å². The summed E-state index contributed by atoms with van der Waals surface area (Å²) in [6.07, 6.45) is 0. The zero-order valence-corrected chi connectivity index (χ0v) is 19.5. The number of aromatic nitrogens is 2. The van der Waals surface area contributed by atoms with Crippen LogP contribution in [0.1, 0.15) is 36.7 Å². The third kappa shape index (κ3) is 3.80. The molecule has 0 aliphatic carbocycles. The minimum Gasteiger partial charge on any atom is -0.356 e. The number of fused-ring (bicyclic) bond motifs is 3. The molecule has 0 aliphatic rings. The van der Waals surface area contributed by atoms with Crippen LogP contribution in [0.15, 0.2) is 65.2 Å². The second kappa shape index (κ2) is 8.03. The summed E-state index contributed by atoms with van der Waals surface area (Å²) in [6, 6.07) is 17.4. The van der Waals surface area contributed by atoms with E-state index in [0.29, 0.717) is 38.4 Å². The molecule has 0 saturated heterocycles. The van der Waals surface area contributed by atoms with Crippen molar-refractivity contribution in [2.75, 3.05) is 5.32 Å². The number of nitrogens with one attached hydrogen (secondary N) is 1. The van der Waals surface area contributed by atoms with Crippen molar-refractivity contribution in [3.63, 3.8) is 0 Å². The molecule has 2 aromatic heterocycles. The van der Waals surface area contributed by atoms with Crippen molar-refractivity contribution in [1.29, 1.82) is 0 Å². The fraction of sp³-hybridized carbons (Fsp3) is 0.160. The number of para-hydroxylation sites is 1. The molecule has 2 heterocycles. The quantitative estimate of drug-likeness (QED) is 0.234. The van der Waals surface area contributed by atoms with Gasteiger partial charge >= 0.3 is 0 Å². The standard InChI is InChI=1S/C25H20N4O4S/c1-25(2,3)15-10-8-14(9-11-15)23(30)27-24-26-22-19(34-24)13-12-18-20(22)21(28-33-18)16-6-4-5-7-17(16)29(31)32/h4-13H,1-3H3,(H,26,27,30). The monoisotopic (exact) mass is 472 g/mol. The molecule has 0 unspecified atom stereocenters. The molecule has 0 bridgehead atoms. The second-order valence-corrected chi connectivity index (χ2v) is 9.92. The largest absolute Gasteiger partial charge is 0.356 e. The van der Waals surface area contributed by atoms with E-state index < -0.39 is 4.92 Å². The summed E-state index contributed by atoms with van der Waals surface area (Å²) in [7, 11) is 0. The van der Waals surface area contributed by atoms with Crippen LogP contribution in [-0.4, -0.2) is 21.0 Å². The predicted octanol–water partition coefficient (Wildman–Crippen LogP) is 6.56. The van der Waals surface area contributed by atoms with Crippen LogP contribution in [0.5, 0.6) is 0 Å². The van der Waals surface area contributed by atoms with Crippen LogP contribution in [0, 0.1) is 10.1 Å². The molecule has 3 aromatic carbocycles. The lowest BCUT2D eigenvalue weighted by atomic mass is 9.87. The van der Waals surface area contributed by atoms with Gasteiger partial charge in [0.05, 0.1) is 26.1 Å². The molecular weight excluding hydrogens is 452 g/mol. The summed E-state index contributed by atoms with van der Waals surface area (Å²) >= 11 is 1.31. The van der Waals surface area contributed by atoms with Crippen LogP contribution in [0.25, 0.3) is 32.4 Å². The average molecular weight is 473 g/mol. The Balaban J connectivity index is 1.53. The number of thiazole rings is 1. The van der Waals surface area contributed by atoms with Crippen molar-refractivity contribution in [1.82, 2.24) is 10.1 Å². The lowest BCUT2D eigenvalue weighted by Gasteiger charge is -2.18. The summed E-state index contributed by atoms with van der Waals surface area (Å²) in [4.78, 5) is 28.5. The zero-order chi connectivity index (χ0) is 24.0. The number of carbonyl (C=O) groups excluding carboxylic acids is 1. The molecule has 0 aliphatic heterocycles. The van der Waals surface area contributed by atoms with E-state index in [4.69, 9.17) is 4.52 Å². The van der Waals surface area contributed by atoms with Crippen molar-refractivity contribution in [2.24, 2.45) is 0 Å². The molecule has 9 heteroatoms. The van der Waals surface area contributed by atoms with E-state index in [1.807, 2.05) is 18.2 Å². The summed E-state index contributed by atoms with van der Waals surface area (Å²) in [5, 5.41) is 19.5. The maximum atomic E-state index is 12.8. The number of carbonyl (C=O) groups is 1. The Labute approximate surface area is 198 Å². The highest BCUT2D eigenvalue weighted by Crippen LogP contribution is 2.39. The summed E-state index contributed by atoms with van der Waals surface area (Å²) in [6.45, 7) is 6.35. The predicted molar refractivity (Wildman–Crippen MR) is 132 cm³/mol. The van der Waals surface area contributed by atoms with Crippen LogP contribution in [-0.2, 0) is 5.41 Å². The van der Waals surface area contributed by atoms with Gasteiger partial charge in [0.25, 0.3) is 11.6 Å². The highest BCUT2D eigenvalue weighted by Gasteiger charge is 2.23. The Morgan fingerprint density at radius 1 is 1.06 bits per heavy atom. The molecule has 0 atom stereocenters. The fourth-order valence-corrected chi connectivity index (χ4v) is 4.65. The molecule has 0 radical (unpaired) electrons. The van der Waals surface area contributed by atoms with E-state index >= 15 is 0 Å². The Morgan fingerprint density at radius 2 is 1.79 bits per heavy atom. The lowest BCUT2D eigenvalue weighted by Crippen LogP contribution is -2.14. The van der Waals surface area contributed by atoms with Gasteiger partial charge in [-0.15, -0.1) is 0 Å². The Morgan fingerprint density at radius 3 is 2.50 bits per heavy atom. The number of hydrogen-bond acceptors (Lipinski definition) is 7. The van der Waals surface area contributed by atoms with E-state index in [-0.39, 0.29) is 17.0 Å². The first-order valence-corrected chi connectivity index (χ1v) is 11.4. The van der Waals surface area contributed by atoms with Crippen LogP contribution in [0.2, 0.25) is 0 Å². The van der Waals surface area contributed by atoms with Crippen LogP contribution < -0.4 is 5.32 Å². The van der Waals surface area contributed by atoms with Gasteiger partial charge in [0.1, 0.15) is 5.69 Å². The topological polar surface area (TPSA) is 111 Å². The summed E-state index contributed by atoms with van der Waals surface area (Å²) in [5.74, 6) is -0.264. The number of rotatable bonds is 4. The third-order valence-electron chi connectivity index (χ3n) is 5.58. The van der Waals surface area contributed by atoms with Crippen LogP contribution in [0.4, 0.5) is 10.8 Å². The first-order chi connectivity index (χ1) is 16.2. The highest BCUT2D eigenvalue weighted by atomic mass is 32.1. The molecule has 1 amide bonds. The maximum absolute atomic E-state index is 12.8. The molecular formula is C25H20N4O4S.